The summed E-state index contributed by atoms with van der Waals surface area (Å²) in [4.78, 5) is 12.9. The SMILES string of the molecule is CN=C(NCCc1csc(N2CCCC2)n1)NCC(C)c1cccs1. The van der Waals surface area contributed by atoms with Crippen LogP contribution in [0.5, 0.6) is 0 Å². The number of nitrogens with one attached hydrogen (secondary N) is 2. The van der Waals surface area contributed by atoms with E-state index >= 15 is 0 Å². The van der Waals surface area contributed by atoms with E-state index in [0.717, 1.165) is 38.6 Å². The molecule has 2 aromatic heterocycles. The highest BCUT2D eigenvalue weighted by molar-refractivity contribution is 7.13. The van der Waals surface area contributed by atoms with Crippen molar-refractivity contribution in [1.82, 2.24) is 15.6 Å². The number of anilines is 1. The number of aliphatic imine (C=N–C) groups is 1. The van der Waals surface area contributed by atoms with Crippen LogP contribution < -0.4 is 15.5 Å². The highest BCUT2D eigenvalue weighted by Gasteiger charge is 2.15. The van der Waals surface area contributed by atoms with Gasteiger partial charge in [0.15, 0.2) is 11.1 Å². The Labute approximate surface area is 158 Å². The first-order chi connectivity index (χ1) is 12.3. The van der Waals surface area contributed by atoms with Gasteiger partial charge in [-0.1, -0.05) is 13.0 Å². The number of nitrogens with zero attached hydrogens (tertiary/aromatic N) is 3. The number of thiophene rings is 1. The molecule has 0 aromatic carbocycles. The zero-order chi connectivity index (χ0) is 17.5. The molecule has 0 aliphatic carbocycles. The first kappa shape index (κ1) is 18.2. The molecule has 1 aliphatic heterocycles. The lowest BCUT2D eigenvalue weighted by atomic mass is 10.1. The number of thiazole rings is 1. The molecule has 136 valence electrons. The number of guanidine groups is 1. The minimum Gasteiger partial charge on any atom is -0.356 e. The van der Waals surface area contributed by atoms with E-state index in [-0.39, 0.29) is 0 Å². The van der Waals surface area contributed by atoms with E-state index in [1.807, 2.05) is 7.05 Å². The van der Waals surface area contributed by atoms with Gasteiger partial charge in [-0.2, -0.15) is 0 Å². The fourth-order valence-corrected chi connectivity index (χ4v) is 4.62. The van der Waals surface area contributed by atoms with Crippen molar-refractivity contribution < 1.29 is 0 Å². The molecule has 0 amide bonds. The van der Waals surface area contributed by atoms with E-state index in [1.54, 1.807) is 22.7 Å². The van der Waals surface area contributed by atoms with Gasteiger partial charge < -0.3 is 15.5 Å². The monoisotopic (exact) mass is 377 g/mol. The standard InChI is InChI=1S/C18H27N5S2/c1-14(16-6-5-11-24-16)12-21-17(19-2)20-8-7-15-13-25-18(22-15)23-9-3-4-10-23/h5-6,11,13-14H,3-4,7-10,12H2,1-2H3,(H2,19,20,21). The van der Waals surface area contributed by atoms with Crippen LogP contribution in [0.2, 0.25) is 0 Å². The number of hydrogen-bond donors (Lipinski definition) is 2. The predicted octanol–water partition coefficient (Wildman–Crippen LogP) is 3.32. The molecule has 0 radical (unpaired) electrons. The molecule has 0 bridgehead atoms. The fourth-order valence-electron chi connectivity index (χ4n) is 2.92. The lowest BCUT2D eigenvalue weighted by molar-refractivity contribution is 0.705. The molecule has 5 nitrogen and oxygen atoms in total. The van der Waals surface area contributed by atoms with Gasteiger partial charge >= 0.3 is 0 Å². The Morgan fingerprint density at radius 1 is 1.32 bits per heavy atom. The Bertz CT molecular complexity index is 659. The molecule has 0 saturated carbocycles. The van der Waals surface area contributed by atoms with Crippen molar-refractivity contribution in [3.05, 3.63) is 33.5 Å². The molecule has 1 saturated heterocycles. The molecular formula is C18H27N5S2. The van der Waals surface area contributed by atoms with Crippen LogP contribution >= 0.6 is 22.7 Å². The van der Waals surface area contributed by atoms with Crippen molar-refractivity contribution in [3.63, 3.8) is 0 Å². The van der Waals surface area contributed by atoms with Crippen LogP contribution in [0.25, 0.3) is 0 Å². The van der Waals surface area contributed by atoms with E-state index in [9.17, 15) is 0 Å². The van der Waals surface area contributed by atoms with Gasteiger partial charge in [0.2, 0.25) is 0 Å². The number of rotatable bonds is 7. The lowest BCUT2D eigenvalue weighted by Gasteiger charge is -2.15. The molecule has 3 rings (SSSR count). The molecule has 1 atom stereocenters. The Morgan fingerprint density at radius 3 is 2.88 bits per heavy atom. The Hall–Kier alpha value is -1.60. The van der Waals surface area contributed by atoms with Crippen LogP contribution in [0.15, 0.2) is 27.9 Å². The van der Waals surface area contributed by atoms with Crippen LogP contribution in [0.4, 0.5) is 5.13 Å². The van der Waals surface area contributed by atoms with Crippen molar-refractivity contribution in [2.24, 2.45) is 4.99 Å². The molecule has 25 heavy (non-hydrogen) atoms. The number of aromatic nitrogens is 1. The molecular weight excluding hydrogens is 350 g/mol. The normalized spacial score (nSPS) is 16.2. The van der Waals surface area contributed by atoms with Gasteiger partial charge in [-0.05, 0) is 24.3 Å². The molecule has 1 aliphatic rings. The quantitative estimate of drug-likeness (QED) is 0.574. The highest BCUT2D eigenvalue weighted by atomic mass is 32.1. The van der Waals surface area contributed by atoms with Crippen LogP contribution in [0.1, 0.15) is 36.3 Å². The maximum absolute atomic E-state index is 4.77. The third kappa shape index (κ3) is 5.19. The van der Waals surface area contributed by atoms with Crippen LogP contribution in [-0.2, 0) is 6.42 Å². The summed E-state index contributed by atoms with van der Waals surface area (Å²) in [7, 11) is 1.82. The average molecular weight is 378 g/mol. The summed E-state index contributed by atoms with van der Waals surface area (Å²) in [6, 6.07) is 4.29. The zero-order valence-electron chi connectivity index (χ0n) is 15.0. The van der Waals surface area contributed by atoms with Crippen molar-refractivity contribution >= 4 is 33.8 Å². The summed E-state index contributed by atoms with van der Waals surface area (Å²) in [5.74, 6) is 1.35. The van der Waals surface area contributed by atoms with E-state index in [0.29, 0.717) is 5.92 Å². The third-order valence-electron chi connectivity index (χ3n) is 4.42. The fraction of sp³-hybridized carbons (Fsp3) is 0.556. The topological polar surface area (TPSA) is 52.6 Å². The van der Waals surface area contributed by atoms with Crippen molar-refractivity contribution in [3.8, 4) is 0 Å². The van der Waals surface area contributed by atoms with Crippen molar-refractivity contribution in [2.75, 3.05) is 38.1 Å². The maximum atomic E-state index is 4.77. The zero-order valence-corrected chi connectivity index (χ0v) is 16.6. The summed E-state index contributed by atoms with van der Waals surface area (Å²) in [6.07, 6.45) is 3.51. The molecule has 7 heteroatoms. The van der Waals surface area contributed by atoms with Gasteiger partial charge in [0.25, 0.3) is 0 Å². The van der Waals surface area contributed by atoms with Gasteiger partial charge in [-0.3, -0.25) is 4.99 Å². The Balaban J connectivity index is 1.39. The van der Waals surface area contributed by atoms with Gasteiger partial charge in [0, 0.05) is 55.8 Å². The largest absolute Gasteiger partial charge is 0.356 e. The molecule has 1 unspecified atom stereocenters. The van der Waals surface area contributed by atoms with Crippen molar-refractivity contribution in [2.45, 2.75) is 32.1 Å². The van der Waals surface area contributed by atoms with Crippen LogP contribution in [0, 0.1) is 0 Å². The average Bonchev–Trinajstić information content (AvgIpc) is 3.39. The van der Waals surface area contributed by atoms with Gasteiger partial charge in [0.05, 0.1) is 5.69 Å². The maximum Gasteiger partial charge on any atom is 0.191 e. The predicted molar refractivity (Wildman–Crippen MR) is 109 cm³/mol. The minimum absolute atomic E-state index is 0.486. The van der Waals surface area contributed by atoms with E-state index in [1.165, 1.54) is 28.5 Å². The van der Waals surface area contributed by atoms with Crippen LogP contribution in [0.3, 0.4) is 0 Å². The highest BCUT2D eigenvalue weighted by Crippen LogP contribution is 2.24. The van der Waals surface area contributed by atoms with Gasteiger partial charge in [0.1, 0.15) is 0 Å². The van der Waals surface area contributed by atoms with Gasteiger partial charge in [-0.25, -0.2) is 4.98 Å². The molecule has 1 fully saturated rings. The van der Waals surface area contributed by atoms with Crippen LogP contribution in [-0.4, -0.2) is 44.2 Å². The molecule has 2 N–H and O–H groups in total. The van der Waals surface area contributed by atoms with E-state index in [4.69, 9.17) is 4.98 Å². The Kier molecular flexibility index (Phi) is 6.69. The van der Waals surface area contributed by atoms with E-state index < -0.39 is 0 Å². The second-order valence-electron chi connectivity index (χ2n) is 6.36. The summed E-state index contributed by atoms with van der Waals surface area (Å²) < 4.78 is 0. The summed E-state index contributed by atoms with van der Waals surface area (Å²) in [6.45, 7) is 6.28. The summed E-state index contributed by atoms with van der Waals surface area (Å²) in [5, 5.41) is 12.3. The second kappa shape index (κ2) is 9.20. The van der Waals surface area contributed by atoms with E-state index in [2.05, 4.69) is 50.3 Å². The van der Waals surface area contributed by atoms with Crippen molar-refractivity contribution in [1.29, 1.82) is 0 Å². The summed E-state index contributed by atoms with van der Waals surface area (Å²) in [5.41, 5.74) is 1.17. The summed E-state index contributed by atoms with van der Waals surface area (Å²) >= 11 is 3.57. The first-order valence-electron chi connectivity index (χ1n) is 8.93. The lowest BCUT2D eigenvalue weighted by Crippen LogP contribution is -2.39. The number of hydrogen-bond acceptors (Lipinski definition) is 5. The molecule has 0 spiro atoms. The molecule has 2 aromatic rings. The molecule has 3 heterocycles. The van der Waals surface area contributed by atoms with Gasteiger partial charge in [-0.15, -0.1) is 22.7 Å². The third-order valence-corrected chi connectivity index (χ3v) is 6.47. The second-order valence-corrected chi connectivity index (χ2v) is 8.18. The minimum atomic E-state index is 0.486. The smallest absolute Gasteiger partial charge is 0.191 e. The first-order valence-corrected chi connectivity index (χ1v) is 10.7. The Morgan fingerprint density at radius 2 is 2.16 bits per heavy atom.